The summed E-state index contributed by atoms with van der Waals surface area (Å²) in [7, 11) is 1.63. The molecule has 2 aromatic rings. The van der Waals surface area contributed by atoms with E-state index in [0.29, 0.717) is 5.56 Å². The van der Waals surface area contributed by atoms with Gasteiger partial charge in [-0.1, -0.05) is 0 Å². The molecule has 0 aliphatic carbocycles. The van der Waals surface area contributed by atoms with E-state index in [4.69, 9.17) is 0 Å². The van der Waals surface area contributed by atoms with Crippen molar-refractivity contribution in [2.75, 3.05) is 12.4 Å². The van der Waals surface area contributed by atoms with Crippen LogP contribution in [0.15, 0.2) is 40.2 Å². The standard InChI is InChI=1S/C13H13BrN2OS/c1-15-13(17)9-2-4-11(5-3-9)16-7-12-6-10(14)8-18-12/h2-6,8,16H,7H2,1H3,(H,15,17). The van der Waals surface area contributed by atoms with Crippen molar-refractivity contribution in [3.05, 3.63) is 50.6 Å². The van der Waals surface area contributed by atoms with Gasteiger partial charge < -0.3 is 10.6 Å². The minimum atomic E-state index is -0.0660. The van der Waals surface area contributed by atoms with E-state index >= 15 is 0 Å². The molecule has 1 aromatic heterocycles. The molecule has 5 heteroatoms. The van der Waals surface area contributed by atoms with Crippen molar-refractivity contribution in [2.45, 2.75) is 6.54 Å². The van der Waals surface area contributed by atoms with Crippen molar-refractivity contribution in [1.29, 1.82) is 0 Å². The number of amides is 1. The maximum Gasteiger partial charge on any atom is 0.251 e. The van der Waals surface area contributed by atoms with Crippen LogP contribution in [0, 0.1) is 0 Å². The number of anilines is 1. The van der Waals surface area contributed by atoms with Gasteiger partial charge in [0.15, 0.2) is 0 Å². The van der Waals surface area contributed by atoms with E-state index in [1.165, 1.54) is 4.88 Å². The first-order valence-corrected chi connectivity index (χ1v) is 7.15. The van der Waals surface area contributed by atoms with Gasteiger partial charge in [-0.05, 0) is 46.3 Å². The highest BCUT2D eigenvalue weighted by Crippen LogP contribution is 2.21. The fourth-order valence-corrected chi connectivity index (χ4v) is 2.91. The van der Waals surface area contributed by atoms with Crippen molar-refractivity contribution in [2.24, 2.45) is 0 Å². The summed E-state index contributed by atoms with van der Waals surface area (Å²) in [6.45, 7) is 0.787. The molecule has 1 amide bonds. The smallest absolute Gasteiger partial charge is 0.251 e. The van der Waals surface area contributed by atoms with Crippen LogP contribution in [0.2, 0.25) is 0 Å². The van der Waals surface area contributed by atoms with Crippen LogP contribution in [0.3, 0.4) is 0 Å². The number of carbonyl (C=O) groups is 1. The average molecular weight is 325 g/mol. The molecular weight excluding hydrogens is 312 g/mol. The molecule has 0 atom stereocenters. The minimum absolute atomic E-state index is 0.0660. The number of thiophene rings is 1. The third kappa shape index (κ3) is 3.34. The summed E-state index contributed by atoms with van der Waals surface area (Å²) in [4.78, 5) is 12.6. The molecule has 0 saturated heterocycles. The Labute approximate surface area is 118 Å². The number of carbonyl (C=O) groups excluding carboxylic acids is 1. The van der Waals surface area contributed by atoms with Crippen LogP contribution in [-0.2, 0) is 6.54 Å². The molecule has 94 valence electrons. The van der Waals surface area contributed by atoms with Crippen LogP contribution in [0.1, 0.15) is 15.2 Å². The van der Waals surface area contributed by atoms with E-state index in [1.54, 1.807) is 18.4 Å². The third-order valence-corrected chi connectivity index (χ3v) is 4.16. The predicted molar refractivity (Wildman–Crippen MR) is 79.2 cm³/mol. The van der Waals surface area contributed by atoms with Crippen LogP contribution in [0.4, 0.5) is 5.69 Å². The van der Waals surface area contributed by atoms with Crippen molar-refractivity contribution in [3.63, 3.8) is 0 Å². The van der Waals surface area contributed by atoms with Gasteiger partial charge in [0.25, 0.3) is 5.91 Å². The molecule has 1 heterocycles. The minimum Gasteiger partial charge on any atom is -0.380 e. The zero-order chi connectivity index (χ0) is 13.0. The topological polar surface area (TPSA) is 41.1 Å². The van der Waals surface area contributed by atoms with Gasteiger partial charge >= 0.3 is 0 Å². The Morgan fingerprint density at radius 1 is 1.33 bits per heavy atom. The molecule has 1 aromatic carbocycles. The third-order valence-electron chi connectivity index (χ3n) is 2.46. The lowest BCUT2D eigenvalue weighted by Crippen LogP contribution is -2.17. The first kappa shape index (κ1) is 13.1. The summed E-state index contributed by atoms with van der Waals surface area (Å²) >= 11 is 5.14. The lowest BCUT2D eigenvalue weighted by atomic mass is 10.2. The molecular formula is C13H13BrN2OS. The number of hydrogen-bond donors (Lipinski definition) is 2. The second kappa shape index (κ2) is 6.02. The van der Waals surface area contributed by atoms with Gasteiger partial charge in [0, 0.05) is 39.6 Å². The zero-order valence-electron chi connectivity index (χ0n) is 9.87. The van der Waals surface area contributed by atoms with E-state index in [2.05, 4.69) is 38.0 Å². The highest BCUT2D eigenvalue weighted by molar-refractivity contribution is 9.10. The van der Waals surface area contributed by atoms with Gasteiger partial charge in [-0.15, -0.1) is 11.3 Å². The fourth-order valence-electron chi connectivity index (χ4n) is 1.52. The Bertz CT molecular complexity index is 536. The number of nitrogens with one attached hydrogen (secondary N) is 2. The molecule has 0 aliphatic rings. The largest absolute Gasteiger partial charge is 0.380 e. The lowest BCUT2D eigenvalue weighted by molar-refractivity contribution is 0.0963. The molecule has 2 N–H and O–H groups in total. The SMILES string of the molecule is CNC(=O)c1ccc(NCc2cc(Br)cs2)cc1. The second-order valence-corrected chi connectivity index (χ2v) is 5.65. The van der Waals surface area contributed by atoms with Crippen LogP contribution >= 0.6 is 27.3 Å². The molecule has 0 spiro atoms. The van der Waals surface area contributed by atoms with E-state index < -0.39 is 0 Å². The normalized spacial score (nSPS) is 10.1. The Balaban J connectivity index is 1.96. The quantitative estimate of drug-likeness (QED) is 0.904. The molecule has 18 heavy (non-hydrogen) atoms. The highest BCUT2D eigenvalue weighted by atomic mass is 79.9. The second-order valence-electron chi connectivity index (χ2n) is 3.74. The number of benzene rings is 1. The average Bonchev–Trinajstić information content (AvgIpc) is 2.82. The highest BCUT2D eigenvalue weighted by Gasteiger charge is 2.02. The number of rotatable bonds is 4. The van der Waals surface area contributed by atoms with E-state index in [9.17, 15) is 4.79 Å². The summed E-state index contributed by atoms with van der Waals surface area (Å²) in [6, 6.07) is 9.54. The zero-order valence-corrected chi connectivity index (χ0v) is 12.3. The first-order valence-electron chi connectivity index (χ1n) is 5.48. The predicted octanol–water partition coefficient (Wildman–Crippen LogP) is 3.48. The molecule has 3 nitrogen and oxygen atoms in total. The number of halogens is 1. The van der Waals surface area contributed by atoms with Gasteiger partial charge in [0.2, 0.25) is 0 Å². The Hall–Kier alpha value is -1.33. The van der Waals surface area contributed by atoms with Crippen molar-refractivity contribution >= 4 is 38.9 Å². The van der Waals surface area contributed by atoms with Gasteiger partial charge in [-0.2, -0.15) is 0 Å². The van der Waals surface area contributed by atoms with Gasteiger partial charge in [-0.25, -0.2) is 0 Å². The monoisotopic (exact) mass is 324 g/mol. The van der Waals surface area contributed by atoms with Gasteiger partial charge in [-0.3, -0.25) is 4.79 Å². The summed E-state index contributed by atoms with van der Waals surface area (Å²) in [5, 5.41) is 7.98. The number of hydrogen-bond acceptors (Lipinski definition) is 3. The maximum atomic E-state index is 11.4. The van der Waals surface area contributed by atoms with Crippen molar-refractivity contribution < 1.29 is 4.79 Å². The van der Waals surface area contributed by atoms with Crippen LogP contribution in [0.25, 0.3) is 0 Å². The summed E-state index contributed by atoms with van der Waals surface area (Å²) < 4.78 is 1.11. The summed E-state index contributed by atoms with van der Waals surface area (Å²) in [5.74, 6) is -0.0660. The first-order chi connectivity index (χ1) is 8.69. The van der Waals surface area contributed by atoms with Crippen LogP contribution < -0.4 is 10.6 Å². The Morgan fingerprint density at radius 2 is 2.06 bits per heavy atom. The van der Waals surface area contributed by atoms with E-state index in [0.717, 1.165) is 16.7 Å². The molecule has 2 rings (SSSR count). The summed E-state index contributed by atoms with van der Waals surface area (Å²) in [5.41, 5.74) is 1.68. The maximum absolute atomic E-state index is 11.4. The van der Waals surface area contributed by atoms with Crippen LogP contribution in [0.5, 0.6) is 0 Å². The molecule has 0 radical (unpaired) electrons. The molecule has 0 bridgehead atoms. The van der Waals surface area contributed by atoms with E-state index in [-0.39, 0.29) is 5.91 Å². The Morgan fingerprint density at radius 3 is 2.61 bits per heavy atom. The van der Waals surface area contributed by atoms with Gasteiger partial charge in [0.05, 0.1) is 0 Å². The van der Waals surface area contributed by atoms with Crippen LogP contribution in [-0.4, -0.2) is 13.0 Å². The molecule has 0 fully saturated rings. The molecule has 0 aliphatic heterocycles. The van der Waals surface area contributed by atoms with Crippen molar-refractivity contribution in [1.82, 2.24) is 5.32 Å². The fraction of sp³-hybridized carbons (Fsp3) is 0.154. The molecule has 0 saturated carbocycles. The van der Waals surface area contributed by atoms with Crippen molar-refractivity contribution in [3.8, 4) is 0 Å². The Kier molecular flexibility index (Phi) is 4.38. The lowest BCUT2D eigenvalue weighted by Gasteiger charge is -2.05. The molecule has 0 unspecified atom stereocenters. The van der Waals surface area contributed by atoms with Gasteiger partial charge in [0.1, 0.15) is 0 Å². The van der Waals surface area contributed by atoms with E-state index in [1.807, 2.05) is 24.3 Å². The summed E-state index contributed by atoms with van der Waals surface area (Å²) in [6.07, 6.45) is 0.